The molecule has 0 aliphatic rings. The second kappa shape index (κ2) is 9.07. The number of pyridine rings is 1. The highest BCUT2D eigenvalue weighted by atomic mass is 32.1. The van der Waals surface area contributed by atoms with E-state index in [-0.39, 0.29) is 23.2 Å². The number of rotatable bonds is 5. The largest absolute Gasteiger partial charge is 0.368 e. The molecule has 0 saturated carbocycles. The van der Waals surface area contributed by atoms with E-state index >= 15 is 0 Å². The van der Waals surface area contributed by atoms with Crippen LogP contribution >= 0.6 is 11.3 Å². The highest BCUT2D eigenvalue weighted by molar-refractivity contribution is 7.09. The molecule has 8 heteroatoms. The van der Waals surface area contributed by atoms with Crippen LogP contribution in [0, 0.1) is 12.3 Å². The zero-order valence-electron chi connectivity index (χ0n) is 19.0. The number of aromatic nitrogens is 4. The summed E-state index contributed by atoms with van der Waals surface area (Å²) in [6, 6.07) is 11.6. The molecule has 33 heavy (non-hydrogen) atoms. The van der Waals surface area contributed by atoms with E-state index in [9.17, 15) is 4.79 Å². The number of nitrogen functional groups attached to an aromatic ring is 1. The summed E-state index contributed by atoms with van der Waals surface area (Å²) in [4.78, 5) is 30.3. The Kier molecular flexibility index (Phi) is 6.20. The number of anilines is 2. The topological polar surface area (TPSA) is 107 Å². The fourth-order valence-electron chi connectivity index (χ4n) is 3.71. The number of amides is 1. The van der Waals surface area contributed by atoms with Crippen LogP contribution in [0.4, 0.5) is 11.8 Å². The fraction of sp³-hybridized carbons (Fsp3) is 0.240. The van der Waals surface area contributed by atoms with Crippen LogP contribution in [0.3, 0.4) is 0 Å². The molecular weight excluding hydrogens is 432 g/mol. The van der Waals surface area contributed by atoms with Gasteiger partial charge in [-0.3, -0.25) is 4.79 Å². The van der Waals surface area contributed by atoms with E-state index in [0.717, 1.165) is 33.0 Å². The summed E-state index contributed by atoms with van der Waals surface area (Å²) in [5, 5.41) is 5.99. The van der Waals surface area contributed by atoms with Gasteiger partial charge in [0.05, 0.1) is 16.6 Å². The van der Waals surface area contributed by atoms with E-state index in [4.69, 9.17) is 5.73 Å². The highest BCUT2D eigenvalue weighted by Gasteiger charge is 2.33. The molecule has 0 bridgehead atoms. The van der Waals surface area contributed by atoms with Gasteiger partial charge in [-0.25, -0.2) is 19.9 Å². The van der Waals surface area contributed by atoms with Gasteiger partial charge in [0.1, 0.15) is 5.82 Å². The summed E-state index contributed by atoms with van der Waals surface area (Å²) in [7, 11) is 0. The third-order valence-corrected chi connectivity index (χ3v) is 6.08. The van der Waals surface area contributed by atoms with Crippen LogP contribution in [0.15, 0.2) is 60.4 Å². The number of benzene rings is 1. The molecular formula is C25H26N6OS. The number of nitrogens with zero attached hydrogens (tertiary/aromatic N) is 4. The Bertz CT molecular complexity index is 1240. The summed E-state index contributed by atoms with van der Waals surface area (Å²) >= 11 is 1.60. The third kappa shape index (κ3) is 5.23. The maximum absolute atomic E-state index is 13.3. The maximum atomic E-state index is 13.3. The fourth-order valence-corrected chi connectivity index (χ4v) is 4.34. The van der Waals surface area contributed by atoms with Crippen LogP contribution in [0.2, 0.25) is 0 Å². The van der Waals surface area contributed by atoms with Gasteiger partial charge in [0.15, 0.2) is 0 Å². The Morgan fingerprint density at radius 1 is 0.939 bits per heavy atom. The molecule has 1 unspecified atom stereocenters. The monoisotopic (exact) mass is 458 g/mol. The Morgan fingerprint density at radius 3 is 2.12 bits per heavy atom. The lowest BCUT2D eigenvalue weighted by Gasteiger charge is -2.30. The van der Waals surface area contributed by atoms with Gasteiger partial charge in [-0.1, -0.05) is 45.0 Å². The first kappa shape index (κ1) is 22.5. The number of nitrogens with one attached hydrogen (secondary N) is 1. The Hall–Kier alpha value is -3.65. The van der Waals surface area contributed by atoms with Gasteiger partial charge in [0.2, 0.25) is 11.9 Å². The molecule has 0 fully saturated rings. The molecule has 0 spiro atoms. The Morgan fingerprint density at radius 2 is 1.58 bits per heavy atom. The quantitative estimate of drug-likeness (QED) is 0.419. The van der Waals surface area contributed by atoms with Crippen molar-refractivity contribution in [1.29, 1.82) is 0 Å². The summed E-state index contributed by atoms with van der Waals surface area (Å²) < 4.78 is 0. The number of nitrogens with two attached hydrogens (primary N) is 1. The van der Waals surface area contributed by atoms with Crippen LogP contribution < -0.4 is 11.1 Å². The smallest absolute Gasteiger partial charge is 0.233 e. The van der Waals surface area contributed by atoms with Crippen LogP contribution in [0.5, 0.6) is 0 Å². The van der Waals surface area contributed by atoms with E-state index in [1.54, 1.807) is 29.9 Å². The first-order valence-corrected chi connectivity index (χ1v) is 11.5. The lowest BCUT2D eigenvalue weighted by atomic mass is 9.75. The van der Waals surface area contributed by atoms with Crippen molar-refractivity contribution < 1.29 is 4.79 Å². The molecule has 0 radical (unpaired) electrons. The van der Waals surface area contributed by atoms with Crippen molar-refractivity contribution in [3.05, 3.63) is 70.9 Å². The molecule has 3 aromatic heterocycles. The maximum Gasteiger partial charge on any atom is 0.233 e. The normalized spacial score (nSPS) is 12.4. The second-order valence-corrected chi connectivity index (χ2v) is 9.99. The van der Waals surface area contributed by atoms with E-state index in [0.29, 0.717) is 5.82 Å². The predicted molar refractivity (Wildman–Crippen MR) is 133 cm³/mol. The number of hydrogen-bond donors (Lipinski definition) is 2. The van der Waals surface area contributed by atoms with Crippen molar-refractivity contribution in [2.75, 3.05) is 11.1 Å². The van der Waals surface area contributed by atoms with Gasteiger partial charge in [-0.15, -0.1) is 11.3 Å². The van der Waals surface area contributed by atoms with Crippen LogP contribution in [0.1, 0.15) is 37.3 Å². The summed E-state index contributed by atoms with van der Waals surface area (Å²) in [6.07, 6.45) is 5.11. The molecule has 3 N–H and O–H groups in total. The Balaban J connectivity index is 1.53. The van der Waals surface area contributed by atoms with Crippen molar-refractivity contribution in [3.8, 4) is 22.4 Å². The van der Waals surface area contributed by atoms with E-state index in [1.807, 2.05) is 48.7 Å². The van der Waals surface area contributed by atoms with Crippen molar-refractivity contribution >= 4 is 29.0 Å². The second-order valence-electron chi connectivity index (χ2n) is 8.92. The molecule has 1 atom stereocenters. The predicted octanol–water partition coefficient (Wildman–Crippen LogP) is 5.32. The number of carbonyl (C=O) groups excluding carboxylic acids is 1. The molecule has 1 aromatic carbocycles. The minimum absolute atomic E-state index is 0.101. The van der Waals surface area contributed by atoms with Crippen LogP contribution in [-0.2, 0) is 4.79 Å². The average Bonchev–Trinajstić information content (AvgIpc) is 3.21. The van der Waals surface area contributed by atoms with Crippen molar-refractivity contribution in [2.45, 2.75) is 33.6 Å². The van der Waals surface area contributed by atoms with Gasteiger partial charge in [-0.2, -0.15) is 0 Å². The van der Waals surface area contributed by atoms with Gasteiger partial charge >= 0.3 is 0 Å². The number of hydrogen-bond acceptors (Lipinski definition) is 7. The first-order valence-electron chi connectivity index (χ1n) is 10.6. The number of thiazole rings is 1. The minimum Gasteiger partial charge on any atom is -0.368 e. The van der Waals surface area contributed by atoms with Crippen molar-refractivity contribution in [3.63, 3.8) is 0 Å². The van der Waals surface area contributed by atoms with Gasteiger partial charge < -0.3 is 11.1 Å². The minimum atomic E-state index is -0.364. The number of aryl methyl sites for hydroxylation is 1. The molecule has 0 aliphatic carbocycles. The van der Waals surface area contributed by atoms with Crippen LogP contribution in [0.25, 0.3) is 22.4 Å². The lowest BCUT2D eigenvalue weighted by Crippen LogP contribution is -2.31. The SMILES string of the molecule is Cc1nc(-c2ccc(NC(=O)C(c3ccc(-c4cnc(N)nc4)cc3)C(C)(C)C)nc2)cs1. The third-order valence-electron chi connectivity index (χ3n) is 5.31. The Labute approximate surface area is 197 Å². The molecule has 0 aliphatic heterocycles. The van der Waals surface area contributed by atoms with Gasteiger partial charge in [0, 0.05) is 35.1 Å². The summed E-state index contributed by atoms with van der Waals surface area (Å²) in [6.45, 7) is 8.14. The molecule has 7 nitrogen and oxygen atoms in total. The molecule has 168 valence electrons. The highest BCUT2D eigenvalue weighted by Crippen LogP contribution is 2.37. The molecule has 3 heterocycles. The molecule has 0 saturated heterocycles. The molecule has 1 amide bonds. The summed E-state index contributed by atoms with van der Waals surface area (Å²) in [5.41, 5.74) is 9.85. The number of carbonyl (C=O) groups is 1. The van der Waals surface area contributed by atoms with E-state index in [2.05, 4.69) is 46.0 Å². The van der Waals surface area contributed by atoms with Crippen molar-refractivity contribution in [2.24, 2.45) is 5.41 Å². The summed E-state index contributed by atoms with van der Waals surface area (Å²) in [5.74, 6) is 0.288. The lowest BCUT2D eigenvalue weighted by molar-refractivity contribution is -0.119. The average molecular weight is 459 g/mol. The standard InChI is InChI=1S/C25H26N6OS/c1-15-30-20(14-33-15)18-9-10-21(27-11-18)31-23(32)22(25(2,3)4)17-7-5-16(6-8-17)19-12-28-24(26)29-13-19/h5-14,22H,1-4H3,(H2,26,28,29)(H,27,31,32). The van der Waals surface area contributed by atoms with Crippen LogP contribution in [-0.4, -0.2) is 25.8 Å². The molecule has 4 aromatic rings. The first-order chi connectivity index (χ1) is 15.7. The van der Waals surface area contributed by atoms with E-state index in [1.165, 1.54) is 0 Å². The van der Waals surface area contributed by atoms with Gasteiger partial charge in [-0.05, 0) is 35.6 Å². The van der Waals surface area contributed by atoms with E-state index < -0.39 is 0 Å². The zero-order valence-corrected chi connectivity index (χ0v) is 19.9. The molecule has 4 rings (SSSR count). The van der Waals surface area contributed by atoms with Crippen molar-refractivity contribution in [1.82, 2.24) is 19.9 Å². The zero-order chi connectivity index (χ0) is 23.6. The van der Waals surface area contributed by atoms with Gasteiger partial charge in [0.25, 0.3) is 0 Å².